The van der Waals surface area contributed by atoms with E-state index in [0.29, 0.717) is 18.5 Å². The second-order valence-electron chi connectivity index (χ2n) is 6.89. The van der Waals surface area contributed by atoms with Crippen LogP contribution in [0.2, 0.25) is 0 Å². The highest BCUT2D eigenvalue weighted by Crippen LogP contribution is 2.35. The van der Waals surface area contributed by atoms with Crippen molar-refractivity contribution in [2.24, 2.45) is 0 Å². The standard InChI is InChI=1S/C16H23N3O3/c1-16(2,3)22-15(20)19-10-12-7-13(19)9-18(12)11-5-6-14(21-4)17-8-11/h5-6,8,12-13H,7,9-10H2,1-4H3/t12-,13-/m1/s1. The fraction of sp³-hybridized carbons (Fsp3) is 0.625. The third kappa shape index (κ3) is 2.82. The number of methoxy groups -OCH3 is 1. The number of rotatable bonds is 2. The van der Waals surface area contributed by atoms with Crippen LogP contribution in [0.3, 0.4) is 0 Å². The van der Waals surface area contributed by atoms with Crippen molar-refractivity contribution < 1.29 is 14.3 Å². The molecule has 6 heteroatoms. The molecule has 0 radical (unpaired) electrons. The molecule has 2 saturated heterocycles. The van der Waals surface area contributed by atoms with Crippen LogP contribution in [0, 0.1) is 0 Å². The van der Waals surface area contributed by atoms with Gasteiger partial charge < -0.3 is 19.3 Å². The van der Waals surface area contributed by atoms with Crippen molar-refractivity contribution >= 4 is 11.8 Å². The average Bonchev–Trinajstić information content (AvgIpc) is 3.05. The predicted octanol–water partition coefficient (Wildman–Crippen LogP) is 2.29. The van der Waals surface area contributed by atoms with Crippen molar-refractivity contribution in [1.29, 1.82) is 0 Å². The maximum atomic E-state index is 12.2. The summed E-state index contributed by atoms with van der Waals surface area (Å²) in [5.41, 5.74) is 0.635. The number of fused-ring (bicyclic) bond motifs is 2. The predicted molar refractivity (Wildman–Crippen MR) is 83.3 cm³/mol. The number of hydrogen-bond donors (Lipinski definition) is 0. The highest BCUT2D eigenvalue weighted by atomic mass is 16.6. The van der Waals surface area contributed by atoms with Gasteiger partial charge >= 0.3 is 6.09 Å². The van der Waals surface area contributed by atoms with Gasteiger partial charge in [0.25, 0.3) is 0 Å². The Morgan fingerprint density at radius 1 is 1.27 bits per heavy atom. The minimum atomic E-state index is -0.446. The molecule has 2 aliphatic rings. The van der Waals surface area contributed by atoms with Gasteiger partial charge in [0.2, 0.25) is 5.88 Å². The molecule has 2 atom stereocenters. The zero-order chi connectivity index (χ0) is 15.9. The molecule has 1 aromatic rings. The number of anilines is 1. The summed E-state index contributed by atoms with van der Waals surface area (Å²) < 4.78 is 10.6. The van der Waals surface area contributed by atoms with Gasteiger partial charge in [-0.3, -0.25) is 0 Å². The molecule has 22 heavy (non-hydrogen) atoms. The first-order valence-electron chi connectivity index (χ1n) is 7.63. The second kappa shape index (κ2) is 5.34. The van der Waals surface area contributed by atoms with Crippen LogP contribution in [0.1, 0.15) is 27.2 Å². The van der Waals surface area contributed by atoms with E-state index in [4.69, 9.17) is 9.47 Å². The van der Waals surface area contributed by atoms with Crippen LogP contribution in [-0.4, -0.2) is 53.9 Å². The number of ether oxygens (including phenoxy) is 2. The van der Waals surface area contributed by atoms with Crippen molar-refractivity contribution in [2.45, 2.75) is 44.9 Å². The summed E-state index contributed by atoms with van der Waals surface area (Å²) in [4.78, 5) is 20.7. The van der Waals surface area contributed by atoms with E-state index in [9.17, 15) is 4.79 Å². The Balaban J connectivity index is 1.65. The topological polar surface area (TPSA) is 54.9 Å². The number of aromatic nitrogens is 1. The average molecular weight is 305 g/mol. The molecular formula is C16H23N3O3. The normalized spacial score (nSPS) is 23.8. The molecule has 0 saturated carbocycles. The summed E-state index contributed by atoms with van der Waals surface area (Å²) in [7, 11) is 1.61. The molecule has 0 spiro atoms. The van der Waals surface area contributed by atoms with E-state index in [-0.39, 0.29) is 12.1 Å². The quantitative estimate of drug-likeness (QED) is 0.839. The molecule has 0 aliphatic carbocycles. The Morgan fingerprint density at radius 3 is 2.55 bits per heavy atom. The third-order valence-corrected chi connectivity index (χ3v) is 4.13. The summed E-state index contributed by atoms with van der Waals surface area (Å²) in [6, 6.07) is 4.45. The number of pyridine rings is 1. The zero-order valence-corrected chi connectivity index (χ0v) is 13.6. The molecule has 0 unspecified atom stereocenters. The molecule has 6 nitrogen and oxygen atoms in total. The molecule has 3 heterocycles. The summed E-state index contributed by atoms with van der Waals surface area (Å²) in [5, 5.41) is 0. The van der Waals surface area contributed by atoms with E-state index in [2.05, 4.69) is 9.88 Å². The summed E-state index contributed by atoms with van der Waals surface area (Å²) in [6.45, 7) is 7.24. The van der Waals surface area contributed by atoms with Crippen molar-refractivity contribution in [3.8, 4) is 5.88 Å². The van der Waals surface area contributed by atoms with E-state index in [1.807, 2.05) is 44.0 Å². The Morgan fingerprint density at radius 2 is 2.05 bits per heavy atom. The number of nitrogens with zero attached hydrogens (tertiary/aromatic N) is 3. The number of carbonyl (C=O) groups excluding carboxylic acids is 1. The van der Waals surface area contributed by atoms with Crippen molar-refractivity contribution in [1.82, 2.24) is 9.88 Å². The van der Waals surface area contributed by atoms with E-state index in [0.717, 1.165) is 18.7 Å². The lowest BCUT2D eigenvalue weighted by Gasteiger charge is -2.36. The minimum absolute atomic E-state index is 0.201. The molecule has 3 rings (SSSR count). The molecule has 120 valence electrons. The number of carbonyl (C=O) groups is 1. The maximum absolute atomic E-state index is 12.2. The molecule has 2 bridgehead atoms. The van der Waals surface area contributed by atoms with Crippen LogP contribution in [0.5, 0.6) is 5.88 Å². The fourth-order valence-corrected chi connectivity index (χ4v) is 3.19. The second-order valence-corrected chi connectivity index (χ2v) is 6.89. The molecule has 0 aromatic carbocycles. The van der Waals surface area contributed by atoms with Gasteiger partial charge in [-0.15, -0.1) is 0 Å². The number of piperazine rings is 1. The van der Waals surface area contributed by atoms with Crippen LogP contribution in [0.25, 0.3) is 0 Å². The number of amides is 1. The van der Waals surface area contributed by atoms with Crippen molar-refractivity contribution in [3.63, 3.8) is 0 Å². The molecular weight excluding hydrogens is 282 g/mol. The third-order valence-electron chi connectivity index (χ3n) is 4.13. The van der Waals surface area contributed by atoms with E-state index < -0.39 is 5.60 Å². The van der Waals surface area contributed by atoms with Crippen molar-refractivity contribution in [2.75, 3.05) is 25.1 Å². The SMILES string of the molecule is COc1ccc(N2C[C@H]3C[C@@H]2CN3C(=O)OC(C)(C)C)cn1. The van der Waals surface area contributed by atoms with Crippen LogP contribution in [-0.2, 0) is 4.74 Å². The van der Waals surface area contributed by atoms with Crippen LogP contribution >= 0.6 is 0 Å². The Bertz CT molecular complexity index is 553. The highest BCUT2D eigenvalue weighted by Gasteiger charge is 2.46. The summed E-state index contributed by atoms with van der Waals surface area (Å²) >= 11 is 0. The lowest BCUT2D eigenvalue weighted by molar-refractivity contribution is 0.0215. The first-order chi connectivity index (χ1) is 10.4. The molecule has 0 N–H and O–H groups in total. The van der Waals surface area contributed by atoms with Gasteiger partial charge in [0.15, 0.2) is 0 Å². The van der Waals surface area contributed by atoms with Gasteiger partial charge in [-0.1, -0.05) is 0 Å². The summed E-state index contributed by atoms with van der Waals surface area (Å²) in [6.07, 6.45) is 2.62. The van der Waals surface area contributed by atoms with Crippen molar-refractivity contribution in [3.05, 3.63) is 18.3 Å². The Labute approximate surface area is 131 Å². The Kier molecular flexibility index (Phi) is 3.62. The van der Waals surface area contributed by atoms with Gasteiger partial charge in [0, 0.05) is 25.2 Å². The molecule has 2 aliphatic heterocycles. The first kappa shape index (κ1) is 14.9. The van der Waals surface area contributed by atoms with Gasteiger partial charge in [0.05, 0.1) is 25.0 Å². The first-order valence-corrected chi connectivity index (χ1v) is 7.63. The zero-order valence-electron chi connectivity index (χ0n) is 13.6. The van der Waals surface area contributed by atoms with Crippen LogP contribution in [0.15, 0.2) is 18.3 Å². The lowest BCUT2D eigenvalue weighted by Crippen LogP contribution is -2.50. The van der Waals surface area contributed by atoms with E-state index >= 15 is 0 Å². The molecule has 1 amide bonds. The van der Waals surface area contributed by atoms with Crippen LogP contribution < -0.4 is 9.64 Å². The monoisotopic (exact) mass is 305 g/mol. The molecule has 2 fully saturated rings. The largest absolute Gasteiger partial charge is 0.481 e. The smallest absolute Gasteiger partial charge is 0.410 e. The van der Waals surface area contributed by atoms with Crippen LogP contribution in [0.4, 0.5) is 10.5 Å². The van der Waals surface area contributed by atoms with Gasteiger partial charge in [-0.25, -0.2) is 9.78 Å². The lowest BCUT2D eigenvalue weighted by atomic mass is 10.2. The highest BCUT2D eigenvalue weighted by molar-refractivity contribution is 5.70. The maximum Gasteiger partial charge on any atom is 0.410 e. The number of likely N-dealkylation sites (tertiary alicyclic amines) is 1. The van der Waals surface area contributed by atoms with Gasteiger partial charge in [0.1, 0.15) is 5.60 Å². The molecule has 1 aromatic heterocycles. The minimum Gasteiger partial charge on any atom is -0.481 e. The van der Waals surface area contributed by atoms with Gasteiger partial charge in [-0.2, -0.15) is 0 Å². The number of hydrogen-bond acceptors (Lipinski definition) is 5. The Hall–Kier alpha value is -1.98. The van der Waals surface area contributed by atoms with E-state index in [1.54, 1.807) is 7.11 Å². The summed E-state index contributed by atoms with van der Waals surface area (Å²) in [5.74, 6) is 0.614. The van der Waals surface area contributed by atoms with Gasteiger partial charge in [-0.05, 0) is 33.3 Å². The van der Waals surface area contributed by atoms with E-state index in [1.165, 1.54) is 0 Å². The fourth-order valence-electron chi connectivity index (χ4n) is 3.19.